The molecule has 1 unspecified atom stereocenters. The molecule has 0 saturated heterocycles. The van der Waals surface area contributed by atoms with E-state index in [2.05, 4.69) is 10.1 Å². The second kappa shape index (κ2) is 7.22. The minimum absolute atomic E-state index is 0. The van der Waals surface area contributed by atoms with Crippen LogP contribution in [-0.4, -0.2) is 10.1 Å². The van der Waals surface area contributed by atoms with Crippen LogP contribution >= 0.6 is 12.4 Å². The first kappa shape index (κ1) is 16.9. The quantitative estimate of drug-likeness (QED) is 0.911. The number of benzene rings is 1. The Morgan fingerprint density at radius 2 is 1.95 bits per heavy atom. The Balaban J connectivity index is 0.00000176. The molecule has 0 bridgehead atoms. The lowest BCUT2D eigenvalue weighted by Crippen LogP contribution is -2.34. The Morgan fingerprint density at radius 1 is 1.27 bits per heavy atom. The molecule has 1 aliphatic rings. The summed E-state index contributed by atoms with van der Waals surface area (Å²) in [7, 11) is 0. The van der Waals surface area contributed by atoms with Crippen LogP contribution in [0.15, 0.2) is 34.9 Å². The van der Waals surface area contributed by atoms with Gasteiger partial charge in [0.2, 0.25) is 0 Å². The predicted molar refractivity (Wildman–Crippen MR) is 85.5 cm³/mol. The van der Waals surface area contributed by atoms with E-state index in [1.807, 2.05) is 37.3 Å². The third kappa shape index (κ3) is 3.66. The van der Waals surface area contributed by atoms with Crippen molar-refractivity contribution in [3.05, 3.63) is 47.6 Å². The zero-order valence-electron chi connectivity index (χ0n) is 12.7. The summed E-state index contributed by atoms with van der Waals surface area (Å²) in [6.45, 7) is 2.44. The normalized spacial score (nSPS) is 17.9. The lowest BCUT2D eigenvalue weighted by Gasteiger charge is -2.17. The standard InChI is InChI=1S/C16H21N3O2.ClH/c1-12(20-11-13-7-3-2-4-8-13)14-18-15(19-21-14)16(17)9-5-6-10-16;/h2-4,7-8,12H,5-6,9-11,17H2,1H3;1H. The molecule has 22 heavy (non-hydrogen) atoms. The van der Waals surface area contributed by atoms with Gasteiger partial charge in [0, 0.05) is 0 Å². The minimum atomic E-state index is -0.416. The van der Waals surface area contributed by atoms with Crippen LogP contribution < -0.4 is 5.73 Å². The van der Waals surface area contributed by atoms with Crippen molar-refractivity contribution in [2.75, 3.05) is 0 Å². The molecule has 5 nitrogen and oxygen atoms in total. The van der Waals surface area contributed by atoms with Gasteiger partial charge in [-0.05, 0) is 25.3 Å². The van der Waals surface area contributed by atoms with Crippen LogP contribution in [0.1, 0.15) is 56.0 Å². The maximum Gasteiger partial charge on any atom is 0.255 e. The van der Waals surface area contributed by atoms with Gasteiger partial charge in [0.15, 0.2) is 5.82 Å². The van der Waals surface area contributed by atoms with Gasteiger partial charge in [0.1, 0.15) is 6.10 Å². The summed E-state index contributed by atoms with van der Waals surface area (Å²) in [5.41, 5.74) is 7.04. The first-order valence-electron chi connectivity index (χ1n) is 7.46. The third-order valence-corrected chi connectivity index (χ3v) is 4.07. The molecule has 1 aliphatic carbocycles. The van der Waals surface area contributed by atoms with Crippen molar-refractivity contribution in [3.8, 4) is 0 Å². The van der Waals surface area contributed by atoms with Gasteiger partial charge in [0.05, 0.1) is 12.1 Å². The lowest BCUT2D eigenvalue weighted by atomic mass is 9.99. The Hall–Kier alpha value is -1.43. The largest absolute Gasteiger partial charge is 0.364 e. The van der Waals surface area contributed by atoms with Crippen LogP contribution in [0.2, 0.25) is 0 Å². The van der Waals surface area contributed by atoms with Crippen molar-refractivity contribution in [2.24, 2.45) is 5.73 Å². The van der Waals surface area contributed by atoms with E-state index >= 15 is 0 Å². The molecule has 1 saturated carbocycles. The zero-order valence-corrected chi connectivity index (χ0v) is 13.5. The molecular weight excluding hydrogens is 302 g/mol. The second-order valence-corrected chi connectivity index (χ2v) is 5.76. The minimum Gasteiger partial charge on any atom is -0.364 e. The molecule has 6 heteroatoms. The van der Waals surface area contributed by atoms with Crippen LogP contribution in [0.25, 0.3) is 0 Å². The molecule has 120 valence electrons. The summed E-state index contributed by atoms with van der Waals surface area (Å²) in [5.74, 6) is 1.11. The van der Waals surface area contributed by atoms with E-state index in [9.17, 15) is 0 Å². The van der Waals surface area contributed by atoms with Gasteiger partial charge in [-0.3, -0.25) is 0 Å². The molecule has 0 radical (unpaired) electrons. The summed E-state index contributed by atoms with van der Waals surface area (Å²) >= 11 is 0. The van der Waals surface area contributed by atoms with Crippen molar-refractivity contribution in [2.45, 2.75) is 50.9 Å². The first-order valence-corrected chi connectivity index (χ1v) is 7.46. The molecule has 0 aliphatic heterocycles. The molecule has 1 atom stereocenters. The number of hydrogen-bond donors (Lipinski definition) is 1. The number of rotatable bonds is 5. The molecule has 1 fully saturated rings. The van der Waals surface area contributed by atoms with Gasteiger partial charge >= 0.3 is 0 Å². The van der Waals surface area contributed by atoms with Gasteiger partial charge in [-0.25, -0.2) is 0 Å². The average Bonchev–Trinajstić information content (AvgIpc) is 3.16. The summed E-state index contributed by atoms with van der Waals surface area (Å²) in [6.07, 6.45) is 3.86. The van der Waals surface area contributed by atoms with E-state index in [-0.39, 0.29) is 18.5 Å². The predicted octanol–water partition coefficient (Wildman–Crippen LogP) is 3.50. The number of nitrogens with two attached hydrogens (primary N) is 1. The summed E-state index contributed by atoms with van der Waals surface area (Å²) in [5, 5.41) is 4.05. The van der Waals surface area contributed by atoms with Gasteiger partial charge < -0.3 is 15.0 Å². The van der Waals surface area contributed by atoms with E-state index < -0.39 is 5.54 Å². The van der Waals surface area contributed by atoms with Crippen molar-refractivity contribution in [1.29, 1.82) is 0 Å². The van der Waals surface area contributed by atoms with E-state index in [0.29, 0.717) is 18.3 Å². The maximum absolute atomic E-state index is 6.33. The molecular formula is C16H22ClN3O2. The van der Waals surface area contributed by atoms with E-state index in [4.69, 9.17) is 15.0 Å². The van der Waals surface area contributed by atoms with E-state index in [0.717, 1.165) is 31.2 Å². The van der Waals surface area contributed by atoms with Crippen LogP contribution in [0.4, 0.5) is 0 Å². The maximum atomic E-state index is 6.33. The van der Waals surface area contributed by atoms with Crippen LogP contribution in [-0.2, 0) is 16.9 Å². The Labute approximate surface area is 136 Å². The smallest absolute Gasteiger partial charge is 0.255 e. The molecule has 0 amide bonds. The topological polar surface area (TPSA) is 74.2 Å². The number of aromatic nitrogens is 2. The number of ether oxygens (including phenoxy) is 1. The SMILES string of the molecule is CC(OCc1ccccc1)c1nc(C2(N)CCCC2)no1.Cl. The van der Waals surface area contributed by atoms with Crippen molar-refractivity contribution < 1.29 is 9.26 Å². The number of hydrogen-bond acceptors (Lipinski definition) is 5. The van der Waals surface area contributed by atoms with E-state index in [1.54, 1.807) is 0 Å². The number of halogens is 1. The van der Waals surface area contributed by atoms with Crippen LogP contribution in [0, 0.1) is 0 Å². The first-order chi connectivity index (χ1) is 10.2. The highest BCUT2D eigenvalue weighted by atomic mass is 35.5. The monoisotopic (exact) mass is 323 g/mol. The second-order valence-electron chi connectivity index (χ2n) is 5.76. The Morgan fingerprint density at radius 3 is 2.64 bits per heavy atom. The van der Waals surface area contributed by atoms with Crippen LogP contribution in [0.3, 0.4) is 0 Å². The summed E-state index contributed by atoms with van der Waals surface area (Å²) < 4.78 is 11.1. The molecule has 1 heterocycles. The average molecular weight is 324 g/mol. The van der Waals surface area contributed by atoms with Gasteiger partial charge in [0.25, 0.3) is 5.89 Å². The zero-order chi connectivity index (χ0) is 14.7. The Kier molecular flexibility index (Phi) is 5.56. The molecule has 0 spiro atoms. The molecule has 1 aromatic carbocycles. The molecule has 1 aromatic heterocycles. The fraction of sp³-hybridized carbons (Fsp3) is 0.500. The molecule has 3 rings (SSSR count). The summed E-state index contributed by atoms with van der Waals surface area (Å²) in [4.78, 5) is 4.45. The van der Waals surface area contributed by atoms with Crippen molar-refractivity contribution >= 4 is 12.4 Å². The van der Waals surface area contributed by atoms with Crippen LogP contribution in [0.5, 0.6) is 0 Å². The highest BCUT2D eigenvalue weighted by Gasteiger charge is 2.36. The fourth-order valence-corrected chi connectivity index (χ4v) is 2.70. The highest BCUT2D eigenvalue weighted by Crippen LogP contribution is 2.35. The fourth-order valence-electron chi connectivity index (χ4n) is 2.70. The van der Waals surface area contributed by atoms with Gasteiger partial charge in [-0.2, -0.15) is 4.98 Å². The van der Waals surface area contributed by atoms with Crippen molar-refractivity contribution in [1.82, 2.24) is 10.1 Å². The number of nitrogens with zero attached hydrogens (tertiary/aromatic N) is 2. The third-order valence-electron chi connectivity index (χ3n) is 4.07. The Bertz CT molecular complexity index is 582. The highest BCUT2D eigenvalue weighted by molar-refractivity contribution is 5.85. The van der Waals surface area contributed by atoms with Crippen molar-refractivity contribution in [3.63, 3.8) is 0 Å². The van der Waals surface area contributed by atoms with Gasteiger partial charge in [-0.15, -0.1) is 12.4 Å². The molecule has 2 aromatic rings. The van der Waals surface area contributed by atoms with Gasteiger partial charge in [-0.1, -0.05) is 48.3 Å². The van der Waals surface area contributed by atoms with E-state index in [1.165, 1.54) is 0 Å². The summed E-state index contributed by atoms with van der Waals surface area (Å²) in [6, 6.07) is 10.0. The molecule has 2 N–H and O–H groups in total. The lowest BCUT2D eigenvalue weighted by molar-refractivity contribution is 0.0308.